The first kappa shape index (κ1) is 23.6. The molecule has 9 heteroatoms. The Bertz CT molecular complexity index is 961. The maximum absolute atomic E-state index is 13.1. The van der Waals surface area contributed by atoms with Crippen LogP contribution in [0.3, 0.4) is 0 Å². The summed E-state index contributed by atoms with van der Waals surface area (Å²) in [5.74, 6) is -1.71. The zero-order valence-electron chi connectivity index (χ0n) is 17.5. The number of carbonyl (C=O) groups excluding carboxylic acids is 2. The lowest BCUT2D eigenvalue weighted by Gasteiger charge is -2.32. The maximum atomic E-state index is 13.1. The molecule has 1 aliphatic rings. The summed E-state index contributed by atoms with van der Waals surface area (Å²) in [7, 11) is 0. The first-order valence-electron chi connectivity index (χ1n) is 10.4. The molecular formula is C23H24F4N2O3. The molecule has 0 bridgehead atoms. The largest absolute Gasteiger partial charge is 0.491 e. The molecular weight excluding hydrogens is 428 g/mol. The fourth-order valence-corrected chi connectivity index (χ4v) is 3.53. The Kier molecular flexibility index (Phi) is 7.37. The van der Waals surface area contributed by atoms with Crippen molar-refractivity contribution in [2.24, 2.45) is 5.92 Å². The van der Waals surface area contributed by atoms with Crippen LogP contribution in [-0.2, 0) is 11.0 Å². The highest BCUT2D eigenvalue weighted by Crippen LogP contribution is 2.35. The van der Waals surface area contributed by atoms with Crippen LogP contribution in [0.2, 0.25) is 0 Å². The second kappa shape index (κ2) is 10.0. The first-order chi connectivity index (χ1) is 15.2. The van der Waals surface area contributed by atoms with E-state index in [-0.39, 0.29) is 30.5 Å². The molecule has 1 N–H and O–H groups in total. The van der Waals surface area contributed by atoms with Crippen molar-refractivity contribution < 1.29 is 31.9 Å². The molecule has 0 aromatic heterocycles. The van der Waals surface area contributed by atoms with E-state index in [0.29, 0.717) is 31.4 Å². The Morgan fingerprint density at radius 2 is 1.88 bits per heavy atom. The summed E-state index contributed by atoms with van der Waals surface area (Å²) in [5, 5.41) is 2.56. The summed E-state index contributed by atoms with van der Waals surface area (Å²) in [4.78, 5) is 27.1. The van der Waals surface area contributed by atoms with Crippen molar-refractivity contribution in [1.82, 2.24) is 4.90 Å². The SMILES string of the molecule is CCCOc1ccc(C(F)(F)F)cc1NC(=O)C1CCCN(C(=O)c2ccc(F)cc2)C1. The third kappa shape index (κ3) is 5.77. The van der Waals surface area contributed by atoms with Gasteiger partial charge in [0.15, 0.2) is 0 Å². The van der Waals surface area contributed by atoms with E-state index in [9.17, 15) is 27.2 Å². The number of hydrogen-bond acceptors (Lipinski definition) is 3. The van der Waals surface area contributed by atoms with E-state index in [1.165, 1.54) is 35.2 Å². The zero-order chi connectivity index (χ0) is 23.3. The normalized spacial score (nSPS) is 16.5. The van der Waals surface area contributed by atoms with Gasteiger partial charge in [0, 0.05) is 18.7 Å². The Morgan fingerprint density at radius 3 is 2.53 bits per heavy atom. The van der Waals surface area contributed by atoms with Crippen LogP contribution in [0.1, 0.15) is 42.1 Å². The number of carbonyl (C=O) groups is 2. The number of halogens is 4. The zero-order valence-corrected chi connectivity index (χ0v) is 17.5. The third-order valence-electron chi connectivity index (χ3n) is 5.20. The molecule has 0 aliphatic carbocycles. The molecule has 1 atom stereocenters. The molecule has 1 unspecified atom stereocenters. The predicted octanol–water partition coefficient (Wildman–Crippen LogP) is 5.12. The molecule has 5 nitrogen and oxygen atoms in total. The fourth-order valence-electron chi connectivity index (χ4n) is 3.53. The van der Waals surface area contributed by atoms with Crippen LogP contribution in [0, 0.1) is 11.7 Å². The molecule has 32 heavy (non-hydrogen) atoms. The number of ether oxygens (including phenoxy) is 1. The van der Waals surface area contributed by atoms with Gasteiger partial charge in [0.25, 0.3) is 5.91 Å². The molecule has 0 spiro atoms. The number of nitrogens with zero attached hydrogens (tertiary/aromatic N) is 1. The summed E-state index contributed by atoms with van der Waals surface area (Å²) in [6, 6.07) is 8.08. The minimum Gasteiger partial charge on any atom is -0.491 e. The van der Waals surface area contributed by atoms with Crippen LogP contribution in [-0.4, -0.2) is 36.4 Å². The fraction of sp³-hybridized carbons (Fsp3) is 0.391. The van der Waals surface area contributed by atoms with E-state index in [4.69, 9.17) is 4.74 Å². The van der Waals surface area contributed by atoms with Gasteiger partial charge in [-0.3, -0.25) is 9.59 Å². The maximum Gasteiger partial charge on any atom is 0.416 e. The highest BCUT2D eigenvalue weighted by molar-refractivity contribution is 5.97. The van der Waals surface area contributed by atoms with Gasteiger partial charge in [-0.2, -0.15) is 13.2 Å². The van der Waals surface area contributed by atoms with Crippen molar-refractivity contribution in [3.05, 3.63) is 59.4 Å². The Morgan fingerprint density at radius 1 is 1.16 bits per heavy atom. The predicted molar refractivity (Wildman–Crippen MR) is 111 cm³/mol. The second-order valence-electron chi connectivity index (χ2n) is 7.64. The second-order valence-corrected chi connectivity index (χ2v) is 7.64. The molecule has 0 saturated carbocycles. The highest BCUT2D eigenvalue weighted by Gasteiger charge is 2.33. The number of hydrogen-bond donors (Lipinski definition) is 1. The van der Waals surface area contributed by atoms with Gasteiger partial charge >= 0.3 is 6.18 Å². The lowest BCUT2D eigenvalue weighted by atomic mass is 9.96. The molecule has 2 amide bonds. The average Bonchev–Trinajstić information content (AvgIpc) is 2.77. The quantitative estimate of drug-likeness (QED) is 0.619. The van der Waals surface area contributed by atoms with Gasteiger partial charge in [-0.05, 0) is 61.7 Å². The van der Waals surface area contributed by atoms with Crippen LogP contribution in [0.4, 0.5) is 23.2 Å². The summed E-state index contributed by atoms with van der Waals surface area (Å²) in [6.07, 6.45) is -2.86. The number of rotatable bonds is 6. The lowest BCUT2D eigenvalue weighted by Crippen LogP contribution is -2.43. The molecule has 1 aliphatic heterocycles. The Labute approximate surface area is 183 Å². The van der Waals surface area contributed by atoms with Gasteiger partial charge in [-0.15, -0.1) is 0 Å². The topological polar surface area (TPSA) is 58.6 Å². The van der Waals surface area contributed by atoms with Crippen molar-refractivity contribution in [3.63, 3.8) is 0 Å². The van der Waals surface area contributed by atoms with Crippen LogP contribution in [0.5, 0.6) is 5.75 Å². The Balaban J connectivity index is 1.74. The third-order valence-corrected chi connectivity index (χ3v) is 5.20. The first-order valence-corrected chi connectivity index (χ1v) is 10.4. The van der Waals surface area contributed by atoms with E-state index in [1.54, 1.807) is 0 Å². The number of nitrogens with one attached hydrogen (secondary N) is 1. The average molecular weight is 452 g/mol. The van der Waals surface area contributed by atoms with Crippen molar-refractivity contribution in [3.8, 4) is 5.75 Å². The van der Waals surface area contributed by atoms with Gasteiger partial charge in [0.1, 0.15) is 11.6 Å². The van der Waals surface area contributed by atoms with Crippen molar-refractivity contribution in [2.75, 3.05) is 25.0 Å². The van der Waals surface area contributed by atoms with Crippen LogP contribution in [0.25, 0.3) is 0 Å². The van der Waals surface area contributed by atoms with Gasteiger partial charge in [-0.1, -0.05) is 6.92 Å². The number of piperidine rings is 1. The number of anilines is 1. The number of amides is 2. The van der Waals surface area contributed by atoms with Crippen LogP contribution in [0.15, 0.2) is 42.5 Å². The van der Waals surface area contributed by atoms with E-state index >= 15 is 0 Å². The summed E-state index contributed by atoms with van der Waals surface area (Å²) in [6.45, 7) is 2.70. The summed E-state index contributed by atoms with van der Waals surface area (Å²) < 4.78 is 58.1. The van der Waals surface area contributed by atoms with Gasteiger partial charge < -0.3 is 15.0 Å². The van der Waals surface area contributed by atoms with Gasteiger partial charge in [0.2, 0.25) is 5.91 Å². The van der Waals surface area contributed by atoms with Gasteiger partial charge in [0.05, 0.1) is 23.8 Å². The minimum absolute atomic E-state index is 0.0553. The molecule has 2 aromatic rings. The van der Waals surface area contributed by atoms with E-state index in [1.807, 2.05) is 6.92 Å². The van der Waals surface area contributed by atoms with Crippen molar-refractivity contribution >= 4 is 17.5 Å². The molecule has 0 radical (unpaired) electrons. The monoisotopic (exact) mass is 452 g/mol. The highest BCUT2D eigenvalue weighted by atomic mass is 19.4. The van der Waals surface area contributed by atoms with E-state index < -0.39 is 29.4 Å². The van der Waals surface area contributed by atoms with Crippen LogP contribution >= 0.6 is 0 Å². The molecule has 172 valence electrons. The van der Waals surface area contributed by atoms with Gasteiger partial charge in [-0.25, -0.2) is 4.39 Å². The van der Waals surface area contributed by atoms with Crippen molar-refractivity contribution in [2.45, 2.75) is 32.4 Å². The number of benzene rings is 2. The lowest BCUT2D eigenvalue weighted by molar-refractivity contribution is -0.137. The van der Waals surface area contributed by atoms with E-state index in [2.05, 4.69) is 5.32 Å². The van der Waals surface area contributed by atoms with Crippen molar-refractivity contribution in [1.29, 1.82) is 0 Å². The van der Waals surface area contributed by atoms with E-state index in [0.717, 1.165) is 12.1 Å². The molecule has 1 heterocycles. The number of likely N-dealkylation sites (tertiary alicyclic amines) is 1. The minimum atomic E-state index is -4.56. The molecule has 1 saturated heterocycles. The molecule has 2 aromatic carbocycles. The molecule has 1 fully saturated rings. The standard InChI is InChI=1S/C23H24F4N2O3/c1-2-12-32-20-10-7-17(23(25,26)27)13-19(20)28-21(30)16-4-3-11-29(14-16)22(31)15-5-8-18(24)9-6-15/h5-10,13,16H,2-4,11-12,14H2,1H3,(H,28,30). The number of alkyl halides is 3. The summed E-state index contributed by atoms with van der Waals surface area (Å²) in [5.41, 5.74) is -0.644. The molecule has 3 rings (SSSR count). The smallest absolute Gasteiger partial charge is 0.416 e. The van der Waals surface area contributed by atoms with Crippen LogP contribution < -0.4 is 10.1 Å². The summed E-state index contributed by atoms with van der Waals surface area (Å²) >= 11 is 0. The Hall–Kier alpha value is -3.10.